The van der Waals surface area contributed by atoms with Crippen molar-refractivity contribution in [2.45, 2.75) is 45.6 Å². The summed E-state index contributed by atoms with van der Waals surface area (Å²) in [6, 6.07) is 15.7. The van der Waals surface area contributed by atoms with Crippen LogP contribution in [0.15, 0.2) is 53.5 Å². The predicted octanol–water partition coefficient (Wildman–Crippen LogP) is 4.32. The fourth-order valence-electron chi connectivity index (χ4n) is 4.13. The van der Waals surface area contributed by atoms with E-state index in [-0.39, 0.29) is 17.5 Å². The summed E-state index contributed by atoms with van der Waals surface area (Å²) >= 11 is 1.32. The number of amides is 1. The normalized spacial score (nSPS) is 13.8. The summed E-state index contributed by atoms with van der Waals surface area (Å²) < 4.78 is 1.68. The number of aromatic nitrogens is 5. The topological polar surface area (TPSA) is 126 Å². The third-order valence-electron chi connectivity index (χ3n) is 6.19. The number of nitrogens with one attached hydrogen (secondary N) is 1. The van der Waals surface area contributed by atoms with Gasteiger partial charge in [0, 0.05) is 16.4 Å². The Balaban J connectivity index is 1.50. The van der Waals surface area contributed by atoms with Crippen LogP contribution in [0.2, 0.25) is 0 Å². The number of tetrazole rings is 1. The standard InChI is InChI=1S/C26H26N6O3S/c1-2-3-8-21-22(25(34)35)32(26(36-21)27-24(33)18-13-14-18)15-16-9-11-17(12-10-16)19-6-4-5-7-20(19)23-28-30-31-29-23/h4-7,9-12,18H,2-3,8,13-15H2,1H3,(H,34,35)(H,28,29,30,31). The SMILES string of the molecule is CCCCc1sc(=NC(=O)C2CC2)n(Cc2ccc(-c3ccccc3-c3nn[nH]n3)cc2)c1C(=O)O. The van der Waals surface area contributed by atoms with Gasteiger partial charge in [-0.25, -0.2) is 4.79 Å². The van der Waals surface area contributed by atoms with Gasteiger partial charge in [0.1, 0.15) is 5.69 Å². The highest BCUT2D eigenvalue weighted by atomic mass is 32.1. The second-order valence-electron chi connectivity index (χ2n) is 8.85. The second-order valence-corrected chi connectivity index (χ2v) is 9.92. The van der Waals surface area contributed by atoms with E-state index in [1.165, 1.54) is 11.3 Å². The Morgan fingerprint density at radius 3 is 2.53 bits per heavy atom. The maximum absolute atomic E-state index is 12.5. The van der Waals surface area contributed by atoms with Gasteiger partial charge in [-0.1, -0.05) is 61.9 Å². The van der Waals surface area contributed by atoms with Crippen molar-refractivity contribution in [3.8, 4) is 22.5 Å². The number of thiazole rings is 1. The van der Waals surface area contributed by atoms with E-state index < -0.39 is 5.97 Å². The number of rotatable bonds is 9. The lowest BCUT2D eigenvalue weighted by Gasteiger charge is -2.10. The molecule has 1 aliphatic rings. The Morgan fingerprint density at radius 1 is 1.14 bits per heavy atom. The van der Waals surface area contributed by atoms with Gasteiger partial charge in [-0.3, -0.25) is 4.79 Å². The van der Waals surface area contributed by atoms with E-state index >= 15 is 0 Å². The maximum Gasteiger partial charge on any atom is 0.353 e. The first-order chi connectivity index (χ1) is 17.5. The van der Waals surface area contributed by atoms with Gasteiger partial charge in [-0.15, -0.1) is 21.5 Å². The fourth-order valence-corrected chi connectivity index (χ4v) is 5.29. The van der Waals surface area contributed by atoms with Crippen molar-refractivity contribution in [3.63, 3.8) is 0 Å². The zero-order chi connectivity index (χ0) is 25.1. The number of unbranched alkanes of at least 4 members (excludes halogenated alkanes) is 1. The van der Waals surface area contributed by atoms with Crippen molar-refractivity contribution in [1.82, 2.24) is 25.2 Å². The Labute approximate surface area is 211 Å². The van der Waals surface area contributed by atoms with Crippen molar-refractivity contribution in [2.24, 2.45) is 10.9 Å². The van der Waals surface area contributed by atoms with Crippen LogP contribution in [0.1, 0.15) is 53.5 Å². The Hall–Kier alpha value is -3.92. The lowest BCUT2D eigenvalue weighted by molar-refractivity contribution is -0.119. The van der Waals surface area contributed by atoms with Gasteiger partial charge in [0.05, 0.1) is 6.54 Å². The van der Waals surface area contributed by atoms with E-state index in [0.29, 0.717) is 23.6 Å². The number of hydrogen-bond acceptors (Lipinski definition) is 6. The van der Waals surface area contributed by atoms with Crippen molar-refractivity contribution in [2.75, 3.05) is 0 Å². The first-order valence-corrected chi connectivity index (χ1v) is 12.8. The lowest BCUT2D eigenvalue weighted by atomic mass is 9.98. The molecule has 0 atom stereocenters. The molecule has 184 valence electrons. The number of aryl methyl sites for hydroxylation is 1. The van der Waals surface area contributed by atoms with Crippen LogP contribution in [-0.4, -0.2) is 42.2 Å². The van der Waals surface area contributed by atoms with Gasteiger partial charge in [-0.05, 0) is 47.6 Å². The van der Waals surface area contributed by atoms with Crippen molar-refractivity contribution < 1.29 is 14.7 Å². The summed E-state index contributed by atoms with van der Waals surface area (Å²) in [7, 11) is 0. The van der Waals surface area contributed by atoms with E-state index in [2.05, 4.69) is 32.5 Å². The molecule has 0 saturated heterocycles. The summed E-state index contributed by atoms with van der Waals surface area (Å²) in [5, 5.41) is 24.4. The number of carboxylic acids is 1. The predicted molar refractivity (Wildman–Crippen MR) is 135 cm³/mol. The van der Waals surface area contributed by atoms with Gasteiger partial charge in [0.2, 0.25) is 5.82 Å². The number of aromatic amines is 1. The molecule has 0 radical (unpaired) electrons. The quantitative estimate of drug-likeness (QED) is 0.351. The first kappa shape index (κ1) is 23.8. The highest BCUT2D eigenvalue weighted by Crippen LogP contribution is 2.31. The van der Waals surface area contributed by atoms with Gasteiger partial charge >= 0.3 is 5.97 Å². The van der Waals surface area contributed by atoms with Gasteiger partial charge in [-0.2, -0.15) is 10.2 Å². The molecule has 0 bridgehead atoms. The molecular formula is C26H26N6O3S. The minimum Gasteiger partial charge on any atom is -0.477 e. The first-order valence-electron chi connectivity index (χ1n) is 12.0. The van der Waals surface area contributed by atoms with E-state index in [0.717, 1.165) is 52.8 Å². The van der Waals surface area contributed by atoms with Crippen LogP contribution in [0.4, 0.5) is 0 Å². The average Bonchev–Trinajstić information content (AvgIpc) is 3.49. The smallest absolute Gasteiger partial charge is 0.353 e. The van der Waals surface area contributed by atoms with Crippen LogP contribution >= 0.6 is 11.3 Å². The molecule has 0 aliphatic heterocycles. The van der Waals surface area contributed by atoms with Crippen LogP contribution < -0.4 is 4.80 Å². The van der Waals surface area contributed by atoms with Crippen LogP contribution in [0.3, 0.4) is 0 Å². The zero-order valence-corrected chi connectivity index (χ0v) is 20.7. The van der Waals surface area contributed by atoms with Crippen molar-refractivity contribution in [1.29, 1.82) is 0 Å². The largest absolute Gasteiger partial charge is 0.477 e. The number of aromatic carboxylic acids is 1. The highest BCUT2D eigenvalue weighted by Gasteiger charge is 2.30. The summed E-state index contributed by atoms with van der Waals surface area (Å²) in [4.78, 5) is 30.3. The van der Waals surface area contributed by atoms with Crippen LogP contribution in [-0.2, 0) is 17.8 Å². The molecule has 0 spiro atoms. The zero-order valence-electron chi connectivity index (χ0n) is 19.8. The molecule has 9 nitrogen and oxygen atoms in total. The molecular weight excluding hydrogens is 476 g/mol. The number of carboxylic acid groups (broad SMARTS) is 1. The number of nitrogens with zero attached hydrogens (tertiary/aromatic N) is 5. The molecule has 1 aliphatic carbocycles. The average molecular weight is 503 g/mol. The van der Waals surface area contributed by atoms with E-state index in [9.17, 15) is 14.7 Å². The third-order valence-corrected chi connectivity index (χ3v) is 7.33. The molecule has 5 rings (SSSR count). The summed E-state index contributed by atoms with van der Waals surface area (Å²) in [6.45, 7) is 2.39. The number of carbonyl (C=O) groups is 2. The van der Waals surface area contributed by atoms with Crippen molar-refractivity contribution >= 4 is 23.2 Å². The van der Waals surface area contributed by atoms with Gasteiger partial charge in [0.15, 0.2) is 4.80 Å². The van der Waals surface area contributed by atoms with Gasteiger partial charge < -0.3 is 9.67 Å². The molecule has 2 heterocycles. The second kappa shape index (κ2) is 10.4. The van der Waals surface area contributed by atoms with E-state index in [1.807, 2.05) is 48.5 Å². The minimum atomic E-state index is -0.997. The molecule has 4 aromatic rings. The van der Waals surface area contributed by atoms with Crippen LogP contribution in [0, 0.1) is 5.92 Å². The Morgan fingerprint density at radius 2 is 1.89 bits per heavy atom. The minimum absolute atomic E-state index is 0.0218. The molecule has 2 aromatic carbocycles. The van der Waals surface area contributed by atoms with Crippen molar-refractivity contribution in [3.05, 3.63) is 69.5 Å². The Bertz CT molecular complexity index is 1450. The van der Waals surface area contributed by atoms with Crippen LogP contribution in [0.5, 0.6) is 0 Å². The molecule has 1 fully saturated rings. The lowest BCUT2D eigenvalue weighted by Crippen LogP contribution is -2.22. The number of benzene rings is 2. The number of hydrogen-bond donors (Lipinski definition) is 2. The molecule has 36 heavy (non-hydrogen) atoms. The number of carbonyl (C=O) groups excluding carboxylic acids is 1. The number of H-pyrrole nitrogens is 1. The molecule has 2 N–H and O–H groups in total. The monoisotopic (exact) mass is 502 g/mol. The Kier molecular flexibility index (Phi) is 6.86. The fraction of sp³-hybridized carbons (Fsp3) is 0.308. The van der Waals surface area contributed by atoms with E-state index in [4.69, 9.17) is 0 Å². The summed E-state index contributed by atoms with van der Waals surface area (Å²) in [6.07, 6.45) is 4.20. The summed E-state index contributed by atoms with van der Waals surface area (Å²) in [5.74, 6) is -0.659. The highest BCUT2D eigenvalue weighted by molar-refractivity contribution is 7.09. The molecule has 10 heteroatoms. The van der Waals surface area contributed by atoms with Gasteiger partial charge in [0.25, 0.3) is 5.91 Å². The molecule has 2 aromatic heterocycles. The molecule has 1 amide bonds. The third kappa shape index (κ3) is 5.03. The summed E-state index contributed by atoms with van der Waals surface area (Å²) in [5.41, 5.74) is 3.94. The van der Waals surface area contributed by atoms with E-state index in [1.54, 1.807) is 4.57 Å². The van der Waals surface area contributed by atoms with Crippen LogP contribution in [0.25, 0.3) is 22.5 Å². The molecule has 0 unspecified atom stereocenters. The molecule has 1 saturated carbocycles. The maximum atomic E-state index is 12.5.